The summed E-state index contributed by atoms with van der Waals surface area (Å²) in [5.41, 5.74) is 0.452. The third-order valence-electron chi connectivity index (χ3n) is 2.87. The molecule has 0 spiro atoms. The van der Waals surface area contributed by atoms with E-state index < -0.39 is 5.60 Å². The molecule has 0 aromatic heterocycles. The quantitative estimate of drug-likeness (QED) is 0.771. The molecular weight excluding hydrogens is 179 g/mol. The first kappa shape index (κ1) is 11.2. The number of halogens is 1. The van der Waals surface area contributed by atoms with Crippen LogP contribution in [0.15, 0.2) is 18.2 Å². The minimum Gasteiger partial charge on any atom is -0.385 e. The minimum atomic E-state index is -0.890. The molecule has 0 unspecified atom stereocenters. The molecule has 0 amide bonds. The Kier molecular flexibility index (Phi) is 2.95. The van der Waals surface area contributed by atoms with Gasteiger partial charge in [0.1, 0.15) is 5.82 Å². The number of rotatable bonds is 2. The first-order valence-electron chi connectivity index (χ1n) is 4.84. The van der Waals surface area contributed by atoms with Gasteiger partial charge in [0.25, 0.3) is 0 Å². The topological polar surface area (TPSA) is 20.2 Å². The van der Waals surface area contributed by atoms with Gasteiger partial charge in [0.05, 0.1) is 5.60 Å². The van der Waals surface area contributed by atoms with Gasteiger partial charge in [-0.2, -0.15) is 0 Å². The lowest BCUT2D eigenvalue weighted by molar-refractivity contribution is 0.00894. The molecule has 0 saturated heterocycles. The Bertz CT molecular complexity index is 329. The number of hydrogen-bond acceptors (Lipinski definition) is 1. The van der Waals surface area contributed by atoms with Gasteiger partial charge in [-0.15, -0.1) is 0 Å². The SMILES string of the molecule is Cc1cc([C@](C)(O)C(C)C)ccc1F. The van der Waals surface area contributed by atoms with Crippen LogP contribution >= 0.6 is 0 Å². The fourth-order valence-corrected chi connectivity index (χ4v) is 1.29. The van der Waals surface area contributed by atoms with Crippen LogP contribution in [0.5, 0.6) is 0 Å². The van der Waals surface area contributed by atoms with Crippen molar-refractivity contribution >= 4 is 0 Å². The van der Waals surface area contributed by atoms with Crippen LogP contribution in [0.3, 0.4) is 0 Å². The van der Waals surface area contributed by atoms with E-state index in [0.717, 1.165) is 5.56 Å². The molecule has 2 heteroatoms. The second kappa shape index (κ2) is 3.70. The van der Waals surface area contributed by atoms with E-state index in [2.05, 4.69) is 0 Å². The van der Waals surface area contributed by atoms with Crippen LogP contribution in [0.2, 0.25) is 0 Å². The van der Waals surface area contributed by atoms with Gasteiger partial charge in [-0.1, -0.05) is 26.0 Å². The fourth-order valence-electron chi connectivity index (χ4n) is 1.29. The van der Waals surface area contributed by atoms with E-state index in [1.165, 1.54) is 6.07 Å². The molecule has 0 bridgehead atoms. The molecular formula is C12H17FO. The number of aliphatic hydroxyl groups is 1. The summed E-state index contributed by atoms with van der Waals surface area (Å²) in [5, 5.41) is 10.2. The van der Waals surface area contributed by atoms with Crippen molar-refractivity contribution in [3.8, 4) is 0 Å². The molecule has 1 nitrogen and oxygen atoms in total. The zero-order chi connectivity index (χ0) is 10.9. The highest BCUT2D eigenvalue weighted by molar-refractivity contribution is 5.28. The van der Waals surface area contributed by atoms with Gasteiger partial charge in [0.15, 0.2) is 0 Å². The van der Waals surface area contributed by atoms with Crippen LogP contribution in [-0.2, 0) is 5.60 Å². The zero-order valence-electron chi connectivity index (χ0n) is 9.13. The second-order valence-corrected chi connectivity index (χ2v) is 4.27. The van der Waals surface area contributed by atoms with Crippen LogP contribution < -0.4 is 0 Å². The molecule has 0 aliphatic heterocycles. The molecule has 0 aliphatic carbocycles. The molecule has 0 heterocycles. The molecule has 1 aromatic carbocycles. The van der Waals surface area contributed by atoms with Crippen molar-refractivity contribution in [3.05, 3.63) is 35.1 Å². The van der Waals surface area contributed by atoms with Gasteiger partial charge < -0.3 is 5.11 Å². The lowest BCUT2D eigenvalue weighted by atomic mass is 9.85. The summed E-state index contributed by atoms with van der Waals surface area (Å²) in [5.74, 6) is -0.124. The van der Waals surface area contributed by atoms with Crippen molar-refractivity contribution in [1.82, 2.24) is 0 Å². The monoisotopic (exact) mass is 196 g/mol. The molecule has 0 radical (unpaired) electrons. The fraction of sp³-hybridized carbons (Fsp3) is 0.500. The Labute approximate surface area is 84.6 Å². The van der Waals surface area contributed by atoms with Gasteiger partial charge in [0.2, 0.25) is 0 Å². The van der Waals surface area contributed by atoms with Crippen molar-refractivity contribution in [3.63, 3.8) is 0 Å². The maximum absolute atomic E-state index is 13.0. The summed E-state index contributed by atoms with van der Waals surface area (Å²) in [4.78, 5) is 0. The Morgan fingerprint density at radius 2 is 1.93 bits per heavy atom. The van der Waals surface area contributed by atoms with E-state index in [1.54, 1.807) is 26.0 Å². The molecule has 1 atom stereocenters. The summed E-state index contributed by atoms with van der Waals surface area (Å²) in [6.07, 6.45) is 0. The number of benzene rings is 1. The van der Waals surface area contributed by atoms with E-state index >= 15 is 0 Å². The third-order valence-corrected chi connectivity index (χ3v) is 2.87. The van der Waals surface area contributed by atoms with Crippen LogP contribution in [0, 0.1) is 18.7 Å². The van der Waals surface area contributed by atoms with Gasteiger partial charge >= 0.3 is 0 Å². The number of hydrogen-bond donors (Lipinski definition) is 1. The summed E-state index contributed by atoms with van der Waals surface area (Å²) >= 11 is 0. The third kappa shape index (κ3) is 1.95. The lowest BCUT2D eigenvalue weighted by Crippen LogP contribution is -2.28. The summed E-state index contributed by atoms with van der Waals surface area (Å²) < 4.78 is 13.0. The first-order chi connectivity index (χ1) is 6.35. The van der Waals surface area contributed by atoms with Crippen molar-refractivity contribution in [1.29, 1.82) is 0 Å². The Balaban J connectivity index is 3.14. The highest BCUT2D eigenvalue weighted by atomic mass is 19.1. The van der Waals surface area contributed by atoms with E-state index in [-0.39, 0.29) is 11.7 Å². The van der Waals surface area contributed by atoms with Crippen molar-refractivity contribution < 1.29 is 9.50 Å². The molecule has 1 N–H and O–H groups in total. The normalized spacial score (nSPS) is 15.6. The standard InChI is InChI=1S/C12H17FO/c1-8(2)12(4,14)10-5-6-11(13)9(3)7-10/h5-8,14H,1-4H3/t12-/m1/s1. The predicted octanol–water partition coefficient (Wildman–Crippen LogP) is 3.00. The molecule has 1 aromatic rings. The van der Waals surface area contributed by atoms with Gasteiger partial charge in [-0.25, -0.2) is 4.39 Å². The smallest absolute Gasteiger partial charge is 0.126 e. The Morgan fingerprint density at radius 1 is 1.36 bits per heavy atom. The summed E-state index contributed by atoms with van der Waals surface area (Å²) in [7, 11) is 0. The van der Waals surface area contributed by atoms with Gasteiger partial charge in [-0.3, -0.25) is 0 Å². The van der Waals surface area contributed by atoms with Crippen LogP contribution in [0.25, 0.3) is 0 Å². The summed E-state index contributed by atoms with van der Waals surface area (Å²) in [6.45, 7) is 7.34. The average Bonchev–Trinajstić information content (AvgIpc) is 2.09. The highest BCUT2D eigenvalue weighted by Gasteiger charge is 2.27. The maximum atomic E-state index is 13.0. The molecule has 0 saturated carbocycles. The highest BCUT2D eigenvalue weighted by Crippen LogP contribution is 2.29. The molecule has 0 aliphatic rings. The van der Waals surface area contributed by atoms with Gasteiger partial charge in [0, 0.05) is 0 Å². The lowest BCUT2D eigenvalue weighted by Gasteiger charge is -2.28. The Morgan fingerprint density at radius 3 is 2.36 bits per heavy atom. The van der Waals surface area contributed by atoms with Crippen LogP contribution in [0.4, 0.5) is 4.39 Å². The van der Waals surface area contributed by atoms with E-state index in [4.69, 9.17) is 0 Å². The maximum Gasteiger partial charge on any atom is 0.126 e. The van der Waals surface area contributed by atoms with Crippen molar-refractivity contribution in [2.75, 3.05) is 0 Å². The second-order valence-electron chi connectivity index (χ2n) is 4.27. The molecule has 14 heavy (non-hydrogen) atoms. The Hall–Kier alpha value is -0.890. The van der Waals surface area contributed by atoms with Crippen LogP contribution in [0.1, 0.15) is 31.9 Å². The molecule has 1 rings (SSSR count). The van der Waals surface area contributed by atoms with E-state index in [1.807, 2.05) is 13.8 Å². The van der Waals surface area contributed by atoms with E-state index in [9.17, 15) is 9.50 Å². The molecule has 0 fully saturated rings. The minimum absolute atomic E-state index is 0.104. The first-order valence-corrected chi connectivity index (χ1v) is 4.84. The number of aryl methyl sites for hydroxylation is 1. The van der Waals surface area contributed by atoms with Crippen LogP contribution in [-0.4, -0.2) is 5.11 Å². The average molecular weight is 196 g/mol. The molecule has 78 valence electrons. The van der Waals surface area contributed by atoms with Crippen molar-refractivity contribution in [2.24, 2.45) is 5.92 Å². The van der Waals surface area contributed by atoms with Crippen molar-refractivity contribution in [2.45, 2.75) is 33.3 Å². The predicted molar refractivity (Wildman–Crippen MR) is 55.5 cm³/mol. The largest absolute Gasteiger partial charge is 0.385 e. The van der Waals surface area contributed by atoms with E-state index in [0.29, 0.717) is 5.56 Å². The summed E-state index contributed by atoms with van der Waals surface area (Å²) in [6, 6.07) is 4.75. The zero-order valence-corrected chi connectivity index (χ0v) is 9.13. The van der Waals surface area contributed by atoms with Gasteiger partial charge in [-0.05, 0) is 37.0 Å².